The van der Waals surface area contributed by atoms with Crippen LogP contribution in [0.4, 0.5) is 11.4 Å². The Kier molecular flexibility index (Phi) is 7.69. The van der Waals surface area contributed by atoms with E-state index in [2.05, 4.69) is 5.32 Å². The van der Waals surface area contributed by atoms with Gasteiger partial charge in [-0.2, -0.15) is 0 Å². The van der Waals surface area contributed by atoms with Crippen molar-refractivity contribution in [2.45, 2.75) is 6.61 Å². The Hall–Kier alpha value is -4.46. The highest BCUT2D eigenvalue weighted by Crippen LogP contribution is 2.19. The smallest absolute Gasteiger partial charge is 0.331 e. The van der Waals surface area contributed by atoms with Crippen molar-refractivity contribution in [3.63, 3.8) is 0 Å². The molecule has 0 aromatic heterocycles. The molecule has 0 saturated carbocycles. The standard InChI is InChI=1S/C24H20N2O6/c27-23(17-32-24(28)15-10-19-8-4-5-9-22(19)26(29)30)25-20-11-13-21(14-12-20)31-16-18-6-2-1-3-7-18/h1-15H,16-17H2,(H,25,27)/b15-10+. The van der Waals surface area contributed by atoms with Gasteiger partial charge in [-0.15, -0.1) is 0 Å². The highest BCUT2D eigenvalue weighted by Gasteiger charge is 2.11. The molecule has 0 atom stereocenters. The van der Waals surface area contributed by atoms with Gasteiger partial charge in [-0.05, 0) is 42.0 Å². The van der Waals surface area contributed by atoms with E-state index in [0.717, 1.165) is 11.6 Å². The molecule has 0 bridgehead atoms. The number of rotatable bonds is 9. The summed E-state index contributed by atoms with van der Waals surface area (Å²) in [6.07, 6.45) is 2.31. The molecule has 0 aliphatic carbocycles. The Labute approximate surface area is 184 Å². The quantitative estimate of drug-likeness (QED) is 0.233. The number of ether oxygens (including phenoxy) is 2. The summed E-state index contributed by atoms with van der Waals surface area (Å²) in [5.74, 6) is -0.656. The first-order valence-corrected chi connectivity index (χ1v) is 9.66. The van der Waals surface area contributed by atoms with Crippen LogP contribution in [0, 0.1) is 10.1 Å². The fourth-order valence-electron chi connectivity index (χ4n) is 2.71. The fraction of sp³-hybridized carbons (Fsp3) is 0.0833. The summed E-state index contributed by atoms with van der Waals surface area (Å²) in [5, 5.41) is 13.6. The summed E-state index contributed by atoms with van der Waals surface area (Å²) in [6, 6.07) is 22.5. The molecule has 162 valence electrons. The zero-order valence-electron chi connectivity index (χ0n) is 17.0. The summed E-state index contributed by atoms with van der Waals surface area (Å²) in [5.41, 5.74) is 1.69. The number of para-hydroxylation sites is 1. The molecule has 0 aliphatic heterocycles. The number of nitrogens with zero attached hydrogens (tertiary/aromatic N) is 1. The lowest BCUT2D eigenvalue weighted by Crippen LogP contribution is -2.20. The predicted octanol–water partition coefficient (Wildman–Crippen LogP) is 4.37. The van der Waals surface area contributed by atoms with Crippen LogP contribution in [-0.2, 0) is 20.9 Å². The average molecular weight is 432 g/mol. The maximum absolute atomic E-state index is 12.0. The van der Waals surface area contributed by atoms with E-state index >= 15 is 0 Å². The van der Waals surface area contributed by atoms with Gasteiger partial charge in [0.25, 0.3) is 11.6 Å². The largest absolute Gasteiger partial charge is 0.489 e. The van der Waals surface area contributed by atoms with Crippen LogP contribution in [0.1, 0.15) is 11.1 Å². The lowest BCUT2D eigenvalue weighted by atomic mass is 10.1. The Bertz CT molecular complexity index is 1110. The minimum Gasteiger partial charge on any atom is -0.489 e. The van der Waals surface area contributed by atoms with Crippen molar-refractivity contribution in [2.24, 2.45) is 0 Å². The van der Waals surface area contributed by atoms with Crippen LogP contribution in [0.3, 0.4) is 0 Å². The van der Waals surface area contributed by atoms with E-state index in [4.69, 9.17) is 9.47 Å². The summed E-state index contributed by atoms with van der Waals surface area (Å²) < 4.78 is 10.6. The Morgan fingerprint density at radius 1 is 0.938 bits per heavy atom. The molecule has 3 aromatic rings. The van der Waals surface area contributed by atoms with Gasteiger partial charge >= 0.3 is 5.97 Å². The Balaban J connectivity index is 1.44. The number of carbonyl (C=O) groups is 2. The third-order valence-electron chi connectivity index (χ3n) is 4.26. The van der Waals surface area contributed by atoms with E-state index in [1.54, 1.807) is 30.3 Å². The predicted molar refractivity (Wildman–Crippen MR) is 119 cm³/mol. The molecule has 0 fully saturated rings. The highest BCUT2D eigenvalue weighted by atomic mass is 16.6. The highest BCUT2D eigenvalue weighted by molar-refractivity contribution is 5.94. The van der Waals surface area contributed by atoms with E-state index in [0.29, 0.717) is 18.0 Å². The molecule has 0 unspecified atom stereocenters. The first-order chi connectivity index (χ1) is 15.5. The van der Waals surface area contributed by atoms with Crippen molar-refractivity contribution in [1.82, 2.24) is 0 Å². The zero-order valence-corrected chi connectivity index (χ0v) is 17.0. The van der Waals surface area contributed by atoms with Crippen LogP contribution < -0.4 is 10.1 Å². The van der Waals surface area contributed by atoms with Crippen LogP contribution in [0.15, 0.2) is 84.9 Å². The van der Waals surface area contributed by atoms with E-state index < -0.39 is 23.4 Å². The van der Waals surface area contributed by atoms with E-state index in [1.807, 2.05) is 30.3 Å². The Morgan fingerprint density at radius 3 is 2.34 bits per heavy atom. The van der Waals surface area contributed by atoms with Crippen LogP contribution in [0.5, 0.6) is 5.75 Å². The molecule has 8 heteroatoms. The molecular formula is C24H20N2O6. The molecule has 0 saturated heterocycles. The second kappa shape index (κ2) is 11.1. The molecule has 0 heterocycles. The number of nitrogens with one attached hydrogen (secondary N) is 1. The minimum atomic E-state index is -0.789. The monoisotopic (exact) mass is 432 g/mol. The van der Waals surface area contributed by atoms with Crippen LogP contribution in [0.25, 0.3) is 6.08 Å². The van der Waals surface area contributed by atoms with Crippen LogP contribution >= 0.6 is 0 Å². The van der Waals surface area contributed by atoms with Crippen molar-refractivity contribution in [2.75, 3.05) is 11.9 Å². The van der Waals surface area contributed by atoms with Gasteiger partial charge < -0.3 is 14.8 Å². The molecule has 3 aromatic carbocycles. The van der Waals surface area contributed by atoms with Crippen molar-refractivity contribution >= 4 is 29.3 Å². The lowest BCUT2D eigenvalue weighted by Gasteiger charge is -2.08. The lowest BCUT2D eigenvalue weighted by molar-refractivity contribution is -0.385. The number of amides is 1. The third kappa shape index (κ3) is 6.81. The number of hydrogen-bond donors (Lipinski definition) is 1. The van der Waals surface area contributed by atoms with Gasteiger partial charge in [-0.1, -0.05) is 42.5 Å². The van der Waals surface area contributed by atoms with Crippen LogP contribution in [0.2, 0.25) is 0 Å². The molecule has 0 spiro atoms. The summed E-state index contributed by atoms with van der Waals surface area (Å²) in [4.78, 5) is 34.2. The van der Waals surface area contributed by atoms with Gasteiger partial charge in [0.2, 0.25) is 0 Å². The normalized spacial score (nSPS) is 10.5. The second-order valence-corrected chi connectivity index (χ2v) is 6.60. The first-order valence-electron chi connectivity index (χ1n) is 9.66. The van der Waals surface area contributed by atoms with Gasteiger partial charge in [0.15, 0.2) is 6.61 Å². The van der Waals surface area contributed by atoms with E-state index in [1.165, 1.54) is 24.3 Å². The number of nitro groups is 1. The van der Waals surface area contributed by atoms with Gasteiger partial charge in [0.1, 0.15) is 12.4 Å². The van der Waals surface area contributed by atoms with Gasteiger partial charge in [-0.25, -0.2) is 4.79 Å². The summed E-state index contributed by atoms with van der Waals surface area (Å²) in [7, 11) is 0. The SMILES string of the molecule is O=C(COC(=O)/C=C/c1ccccc1[N+](=O)[O-])Nc1ccc(OCc2ccccc2)cc1. The minimum absolute atomic E-state index is 0.134. The Morgan fingerprint density at radius 2 is 1.62 bits per heavy atom. The number of nitro benzene ring substituents is 1. The molecule has 32 heavy (non-hydrogen) atoms. The molecular weight excluding hydrogens is 412 g/mol. The molecule has 3 rings (SSSR count). The summed E-state index contributed by atoms with van der Waals surface area (Å²) in [6.45, 7) is -0.0610. The number of anilines is 1. The maximum Gasteiger partial charge on any atom is 0.331 e. The van der Waals surface area contributed by atoms with Gasteiger partial charge in [-0.3, -0.25) is 14.9 Å². The second-order valence-electron chi connectivity index (χ2n) is 6.60. The number of carbonyl (C=O) groups excluding carboxylic acids is 2. The zero-order chi connectivity index (χ0) is 22.8. The van der Waals surface area contributed by atoms with Crippen molar-refractivity contribution in [3.8, 4) is 5.75 Å². The van der Waals surface area contributed by atoms with E-state index in [9.17, 15) is 19.7 Å². The molecule has 1 amide bonds. The average Bonchev–Trinajstić information content (AvgIpc) is 2.82. The molecule has 0 radical (unpaired) electrons. The number of hydrogen-bond acceptors (Lipinski definition) is 6. The van der Waals surface area contributed by atoms with Gasteiger partial charge in [0.05, 0.1) is 10.5 Å². The number of esters is 1. The van der Waals surface area contributed by atoms with Gasteiger partial charge in [0, 0.05) is 17.8 Å². The third-order valence-corrected chi connectivity index (χ3v) is 4.26. The molecule has 0 aliphatic rings. The molecule has 8 nitrogen and oxygen atoms in total. The van der Waals surface area contributed by atoms with Crippen molar-refractivity contribution in [1.29, 1.82) is 0 Å². The van der Waals surface area contributed by atoms with Crippen LogP contribution in [-0.4, -0.2) is 23.4 Å². The van der Waals surface area contributed by atoms with E-state index in [-0.39, 0.29) is 11.3 Å². The first kappa shape index (κ1) is 22.2. The molecule has 1 N–H and O–H groups in total. The topological polar surface area (TPSA) is 108 Å². The maximum atomic E-state index is 12.0. The number of benzene rings is 3. The van der Waals surface area contributed by atoms with Crippen molar-refractivity contribution in [3.05, 3.63) is 106 Å². The summed E-state index contributed by atoms with van der Waals surface area (Å²) >= 11 is 0. The fourth-order valence-corrected chi connectivity index (χ4v) is 2.71. The van der Waals surface area contributed by atoms with Crippen molar-refractivity contribution < 1.29 is 24.0 Å².